The molecule has 0 aliphatic heterocycles. The summed E-state index contributed by atoms with van der Waals surface area (Å²) in [6.07, 6.45) is 0.889. The fourth-order valence-corrected chi connectivity index (χ4v) is 3.00. The van der Waals surface area contributed by atoms with E-state index in [0.29, 0.717) is 0 Å². The summed E-state index contributed by atoms with van der Waals surface area (Å²) >= 11 is 5.14. The Morgan fingerprint density at radius 1 is 1.33 bits per heavy atom. The number of halogens is 1. The lowest BCUT2D eigenvalue weighted by molar-refractivity contribution is 0.474. The number of rotatable bonds is 3. The van der Waals surface area contributed by atoms with Crippen LogP contribution in [0.3, 0.4) is 0 Å². The first-order valence-electron chi connectivity index (χ1n) is 5.97. The molecule has 0 aliphatic rings. The number of benzene rings is 1. The topological polar surface area (TPSA) is 38.9 Å². The fourth-order valence-electron chi connectivity index (χ4n) is 1.67. The van der Waals surface area contributed by atoms with Gasteiger partial charge in [0.25, 0.3) is 0 Å². The van der Waals surface area contributed by atoms with Crippen LogP contribution in [0.25, 0.3) is 11.3 Å². The quantitative estimate of drug-likeness (QED) is 0.904. The molecule has 0 aliphatic carbocycles. The smallest absolute Gasteiger partial charge is 0.113 e. The molecule has 1 atom stereocenters. The van der Waals surface area contributed by atoms with Gasteiger partial charge >= 0.3 is 0 Å². The maximum absolute atomic E-state index is 6.26. The summed E-state index contributed by atoms with van der Waals surface area (Å²) in [5, 5.41) is 1.01. The lowest BCUT2D eigenvalue weighted by Crippen LogP contribution is -2.31. The second-order valence-electron chi connectivity index (χ2n) is 4.70. The maximum atomic E-state index is 6.26. The van der Waals surface area contributed by atoms with Gasteiger partial charge in [-0.25, -0.2) is 4.98 Å². The zero-order valence-electron chi connectivity index (χ0n) is 10.8. The number of hydrogen-bond acceptors (Lipinski definition) is 3. The Morgan fingerprint density at radius 2 is 1.94 bits per heavy atom. The zero-order chi connectivity index (χ0) is 13.3. The van der Waals surface area contributed by atoms with Gasteiger partial charge in [0.1, 0.15) is 5.01 Å². The molecule has 0 bridgehead atoms. The molecule has 0 radical (unpaired) electrons. The Hall–Kier alpha value is -0.710. The number of thiazole rings is 1. The molecule has 1 heterocycles. The van der Waals surface area contributed by atoms with Crippen molar-refractivity contribution >= 4 is 27.3 Å². The first-order chi connectivity index (χ1) is 8.44. The van der Waals surface area contributed by atoms with Gasteiger partial charge in [-0.15, -0.1) is 11.3 Å². The largest absolute Gasteiger partial charge is 0.320 e. The summed E-state index contributed by atoms with van der Waals surface area (Å²) in [6.45, 7) is 6.23. The molecule has 1 aromatic heterocycles. The molecule has 2 nitrogen and oxygen atoms in total. The number of aromatic nitrogens is 1. The van der Waals surface area contributed by atoms with Gasteiger partial charge < -0.3 is 5.73 Å². The third kappa shape index (κ3) is 2.66. The molecule has 96 valence electrons. The Bertz CT molecular complexity index is 543. The van der Waals surface area contributed by atoms with Gasteiger partial charge in [0.2, 0.25) is 0 Å². The monoisotopic (exact) mass is 324 g/mol. The Balaban J connectivity index is 2.44. The van der Waals surface area contributed by atoms with E-state index < -0.39 is 0 Å². The van der Waals surface area contributed by atoms with E-state index in [2.05, 4.69) is 41.9 Å². The Labute approximate surface area is 120 Å². The first-order valence-corrected chi connectivity index (χ1v) is 7.57. The van der Waals surface area contributed by atoms with Crippen LogP contribution in [0.5, 0.6) is 0 Å². The van der Waals surface area contributed by atoms with Crippen LogP contribution in [-0.4, -0.2) is 4.98 Å². The molecule has 0 spiro atoms. The van der Waals surface area contributed by atoms with Gasteiger partial charge in [0, 0.05) is 14.9 Å². The number of hydrogen-bond donors (Lipinski definition) is 1. The molecular formula is C14H17BrN2S. The second kappa shape index (κ2) is 5.11. The minimum Gasteiger partial charge on any atom is -0.320 e. The average molecular weight is 325 g/mol. The van der Waals surface area contributed by atoms with Crippen LogP contribution >= 0.6 is 27.3 Å². The van der Waals surface area contributed by atoms with Crippen molar-refractivity contribution in [1.82, 2.24) is 4.98 Å². The molecule has 2 aromatic rings. The van der Waals surface area contributed by atoms with E-state index in [1.807, 2.05) is 19.1 Å². The zero-order valence-corrected chi connectivity index (χ0v) is 13.2. The van der Waals surface area contributed by atoms with Crippen LogP contribution in [0.15, 0.2) is 28.7 Å². The van der Waals surface area contributed by atoms with E-state index in [0.717, 1.165) is 27.2 Å². The van der Waals surface area contributed by atoms with Gasteiger partial charge in [-0.2, -0.15) is 0 Å². The molecular weight excluding hydrogens is 308 g/mol. The van der Waals surface area contributed by atoms with Gasteiger partial charge in [0.15, 0.2) is 0 Å². The standard InChI is InChI=1S/C14H17BrN2S/c1-4-14(3,16)13-17-12(9(2)18-13)10-5-7-11(15)8-6-10/h5-8H,4,16H2,1-3H3. The van der Waals surface area contributed by atoms with Crippen LogP contribution in [-0.2, 0) is 5.54 Å². The van der Waals surface area contributed by atoms with Crippen molar-refractivity contribution in [2.75, 3.05) is 0 Å². The van der Waals surface area contributed by atoms with E-state index in [9.17, 15) is 0 Å². The van der Waals surface area contributed by atoms with E-state index in [1.54, 1.807) is 11.3 Å². The van der Waals surface area contributed by atoms with Crippen LogP contribution in [0.2, 0.25) is 0 Å². The van der Waals surface area contributed by atoms with Crippen molar-refractivity contribution < 1.29 is 0 Å². The SMILES string of the molecule is CCC(C)(N)c1nc(-c2ccc(Br)cc2)c(C)s1. The molecule has 0 fully saturated rings. The lowest BCUT2D eigenvalue weighted by Gasteiger charge is -2.18. The lowest BCUT2D eigenvalue weighted by atomic mass is 10.0. The summed E-state index contributed by atoms with van der Waals surface area (Å²) in [5.74, 6) is 0. The molecule has 0 saturated heterocycles. The minimum absolute atomic E-state index is 0.330. The van der Waals surface area contributed by atoms with Crippen LogP contribution in [0, 0.1) is 6.92 Å². The van der Waals surface area contributed by atoms with Crippen LogP contribution < -0.4 is 5.73 Å². The van der Waals surface area contributed by atoms with E-state index in [-0.39, 0.29) is 5.54 Å². The van der Waals surface area contributed by atoms with E-state index in [4.69, 9.17) is 10.7 Å². The highest BCUT2D eigenvalue weighted by Crippen LogP contribution is 2.33. The highest BCUT2D eigenvalue weighted by Gasteiger charge is 2.24. The molecule has 18 heavy (non-hydrogen) atoms. The van der Waals surface area contributed by atoms with Crippen molar-refractivity contribution in [2.24, 2.45) is 5.73 Å². The molecule has 4 heteroatoms. The first kappa shape index (κ1) is 13.7. The van der Waals surface area contributed by atoms with E-state index in [1.165, 1.54) is 4.88 Å². The van der Waals surface area contributed by atoms with Crippen LogP contribution in [0.1, 0.15) is 30.2 Å². The van der Waals surface area contributed by atoms with Gasteiger partial charge in [-0.1, -0.05) is 35.0 Å². The minimum atomic E-state index is -0.330. The maximum Gasteiger partial charge on any atom is 0.113 e. The normalized spacial score (nSPS) is 14.5. The Morgan fingerprint density at radius 3 is 2.50 bits per heavy atom. The molecule has 1 aromatic carbocycles. The summed E-state index contributed by atoms with van der Waals surface area (Å²) in [7, 11) is 0. The predicted molar refractivity (Wildman–Crippen MR) is 81.8 cm³/mol. The molecule has 0 amide bonds. The van der Waals surface area contributed by atoms with Crippen molar-refractivity contribution in [1.29, 1.82) is 0 Å². The molecule has 2 rings (SSSR count). The summed E-state index contributed by atoms with van der Waals surface area (Å²) < 4.78 is 1.08. The highest BCUT2D eigenvalue weighted by molar-refractivity contribution is 9.10. The average Bonchev–Trinajstić information content (AvgIpc) is 2.73. The number of nitrogens with zero attached hydrogens (tertiary/aromatic N) is 1. The summed E-state index contributed by atoms with van der Waals surface area (Å²) in [5.41, 5.74) is 8.12. The van der Waals surface area contributed by atoms with Crippen LogP contribution in [0.4, 0.5) is 0 Å². The van der Waals surface area contributed by atoms with E-state index >= 15 is 0 Å². The number of aryl methyl sites for hydroxylation is 1. The predicted octanol–water partition coefficient (Wildman–Crippen LogP) is 4.46. The van der Waals surface area contributed by atoms with Gasteiger partial charge in [-0.05, 0) is 32.4 Å². The molecule has 2 N–H and O–H groups in total. The summed E-state index contributed by atoms with van der Waals surface area (Å²) in [6, 6.07) is 8.23. The third-order valence-electron chi connectivity index (χ3n) is 3.14. The molecule has 0 saturated carbocycles. The van der Waals surface area contributed by atoms with Crippen molar-refractivity contribution in [3.05, 3.63) is 38.6 Å². The third-order valence-corrected chi connectivity index (χ3v) is 4.92. The number of nitrogens with two attached hydrogens (primary N) is 1. The summed E-state index contributed by atoms with van der Waals surface area (Å²) in [4.78, 5) is 5.95. The molecule has 1 unspecified atom stereocenters. The Kier molecular flexibility index (Phi) is 3.90. The second-order valence-corrected chi connectivity index (χ2v) is 6.82. The van der Waals surface area contributed by atoms with Gasteiger partial charge in [0.05, 0.1) is 11.2 Å². The van der Waals surface area contributed by atoms with Gasteiger partial charge in [-0.3, -0.25) is 0 Å². The van der Waals surface area contributed by atoms with Crippen molar-refractivity contribution in [3.63, 3.8) is 0 Å². The highest BCUT2D eigenvalue weighted by atomic mass is 79.9. The van der Waals surface area contributed by atoms with Crippen molar-refractivity contribution in [3.8, 4) is 11.3 Å². The fraction of sp³-hybridized carbons (Fsp3) is 0.357. The van der Waals surface area contributed by atoms with Crippen molar-refractivity contribution in [2.45, 2.75) is 32.7 Å².